The van der Waals surface area contributed by atoms with Gasteiger partial charge in [0.25, 0.3) is 0 Å². The molecule has 2 amide bonds. The molecule has 0 spiro atoms. The Hall–Kier alpha value is -2.67. The summed E-state index contributed by atoms with van der Waals surface area (Å²) in [5.74, 6) is -0.661. The minimum Gasteiger partial charge on any atom is -0.346 e. The SMILES string of the molecule is NCC(=O)NCC(=O)Nc1cccc(Cn2cccn2)c1. The highest BCUT2D eigenvalue weighted by Crippen LogP contribution is 2.11. The van der Waals surface area contributed by atoms with Crippen molar-refractivity contribution in [2.45, 2.75) is 6.54 Å². The molecule has 1 heterocycles. The van der Waals surface area contributed by atoms with E-state index in [1.807, 2.05) is 30.5 Å². The second-order valence-corrected chi connectivity index (χ2v) is 4.43. The zero-order valence-electron chi connectivity index (χ0n) is 11.5. The number of nitrogens with one attached hydrogen (secondary N) is 2. The summed E-state index contributed by atoms with van der Waals surface area (Å²) in [6.45, 7) is 0.396. The van der Waals surface area contributed by atoms with Crippen LogP contribution in [0.3, 0.4) is 0 Å². The number of hydrogen-bond acceptors (Lipinski definition) is 4. The predicted molar refractivity (Wildman–Crippen MR) is 78.5 cm³/mol. The van der Waals surface area contributed by atoms with Crippen molar-refractivity contribution in [2.24, 2.45) is 5.73 Å². The van der Waals surface area contributed by atoms with Crippen LogP contribution in [0.5, 0.6) is 0 Å². The molecular formula is C14H17N5O2. The van der Waals surface area contributed by atoms with Gasteiger partial charge < -0.3 is 16.4 Å². The summed E-state index contributed by atoms with van der Waals surface area (Å²) >= 11 is 0. The molecule has 0 saturated carbocycles. The fourth-order valence-corrected chi connectivity index (χ4v) is 1.78. The number of nitrogens with zero attached hydrogens (tertiary/aromatic N) is 2. The lowest BCUT2D eigenvalue weighted by Crippen LogP contribution is -2.36. The normalized spacial score (nSPS) is 10.1. The van der Waals surface area contributed by atoms with E-state index in [2.05, 4.69) is 15.7 Å². The molecular weight excluding hydrogens is 270 g/mol. The number of carbonyl (C=O) groups is 2. The standard InChI is InChI=1S/C14H17N5O2/c15-8-13(20)16-9-14(21)18-12-4-1-3-11(7-12)10-19-6-2-5-17-19/h1-7H,8-10,15H2,(H,16,20)(H,18,21). The molecule has 1 aromatic carbocycles. The van der Waals surface area contributed by atoms with E-state index in [0.717, 1.165) is 5.56 Å². The Morgan fingerprint density at radius 2 is 2.10 bits per heavy atom. The van der Waals surface area contributed by atoms with Crippen LogP contribution in [0.25, 0.3) is 0 Å². The van der Waals surface area contributed by atoms with Gasteiger partial charge in [0.05, 0.1) is 19.6 Å². The first-order chi connectivity index (χ1) is 10.2. The van der Waals surface area contributed by atoms with E-state index in [0.29, 0.717) is 12.2 Å². The monoisotopic (exact) mass is 287 g/mol. The second-order valence-electron chi connectivity index (χ2n) is 4.43. The van der Waals surface area contributed by atoms with Gasteiger partial charge in [0, 0.05) is 18.1 Å². The van der Waals surface area contributed by atoms with Gasteiger partial charge >= 0.3 is 0 Å². The number of aromatic nitrogens is 2. The Bertz CT molecular complexity index is 610. The van der Waals surface area contributed by atoms with Gasteiger partial charge in [0.15, 0.2) is 0 Å². The molecule has 0 atom stereocenters. The van der Waals surface area contributed by atoms with Crippen LogP contribution in [0, 0.1) is 0 Å². The third-order valence-corrected chi connectivity index (χ3v) is 2.75. The third kappa shape index (κ3) is 4.73. The Morgan fingerprint density at radius 3 is 2.81 bits per heavy atom. The maximum Gasteiger partial charge on any atom is 0.243 e. The van der Waals surface area contributed by atoms with Crippen LogP contribution in [-0.4, -0.2) is 34.7 Å². The molecule has 0 bridgehead atoms. The fourth-order valence-electron chi connectivity index (χ4n) is 1.78. The number of anilines is 1. The van der Waals surface area contributed by atoms with E-state index in [1.54, 1.807) is 16.9 Å². The van der Waals surface area contributed by atoms with E-state index in [1.165, 1.54) is 0 Å². The molecule has 0 saturated heterocycles. The predicted octanol–water partition coefficient (Wildman–Crippen LogP) is -0.0552. The maximum absolute atomic E-state index is 11.7. The first-order valence-corrected chi connectivity index (χ1v) is 6.50. The largest absolute Gasteiger partial charge is 0.346 e. The summed E-state index contributed by atoms with van der Waals surface area (Å²) in [5, 5.41) is 9.26. The number of carbonyl (C=O) groups excluding carboxylic acids is 2. The average molecular weight is 287 g/mol. The highest BCUT2D eigenvalue weighted by Gasteiger charge is 2.05. The van der Waals surface area contributed by atoms with Crippen LogP contribution < -0.4 is 16.4 Å². The van der Waals surface area contributed by atoms with Crippen molar-refractivity contribution >= 4 is 17.5 Å². The molecule has 0 unspecified atom stereocenters. The molecule has 0 fully saturated rings. The zero-order valence-corrected chi connectivity index (χ0v) is 11.5. The van der Waals surface area contributed by atoms with Gasteiger partial charge in [0.1, 0.15) is 0 Å². The lowest BCUT2D eigenvalue weighted by Gasteiger charge is -2.08. The summed E-state index contributed by atoms with van der Waals surface area (Å²) in [5.41, 5.74) is 6.83. The molecule has 7 nitrogen and oxygen atoms in total. The average Bonchev–Trinajstić information content (AvgIpc) is 2.98. The molecule has 21 heavy (non-hydrogen) atoms. The highest BCUT2D eigenvalue weighted by atomic mass is 16.2. The first-order valence-electron chi connectivity index (χ1n) is 6.50. The second kappa shape index (κ2) is 7.20. The van der Waals surface area contributed by atoms with Gasteiger partial charge in [-0.2, -0.15) is 5.10 Å². The summed E-state index contributed by atoms with van der Waals surface area (Å²) < 4.78 is 1.79. The van der Waals surface area contributed by atoms with Crippen molar-refractivity contribution < 1.29 is 9.59 Å². The number of nitrogens with two attached hydrogens (primary N) is 1. The molecule has 2 rings (SSSR count). The molecule has 0 aliphatic carbocycles. The first kappa shape index (κ1) is 14.7. The number of benzene rings is 1. The molecule has 0 radical (unpaired) electrons. The number of rotatable bonds is 6. The van der Waals surface area contributed by atoms with Gasteiger partial charge in [-0.15, -0.1) is 0 Å². The summed E-state index contributed by atoms with van der Waals surface area (Å²) in [6, 6.07) is 9.31. The summed E-state index contributed by atoms with van der Waals surface area (Å²) in [4.78, 5) is 22.7. The van der Waals surface area contributed by atoms with Crippen LogP contribution in [0.2, 0.25) is 0 Å². The fraction of sp³-hybridized carbons (Fsp3) is 0.214. The van der Waals surface area contributed by atoms with Crippen molar-refractivity contribution in [1.29, 1.82) is 0 Å². The molecule has 7 heteroatoms. The maximum atomic E-state index is 11.7. The van der Waals surface area contributed by atoms with Crippen LogP contribution in [0.1, 0.15) is 5.56 Å². The molecule has 110 valence electrons. The van der Waals surface area contributed by atoms with E-state index < -0.39 is 0 Å². The molecule has 0 aliphatic heterocycles. The van der Waals surface area contributed by atoms with Gasteiger partial charge in [-0.3, -0.25) is 14.3 Å². The minimum absolute atomic E-state index is 0.0978. The molecule has 0 aliphatic rings. The van der Waals surface area contributed by atoms with Gasteiger partial charge in [-0.05, 0) is 23.8 Å². The minimum atomic E-state index is -0.363. The number of amides is 2. The van der Waals surface area contributed by atoms with Crippen LogP contribution >= 0.6 is 0 Å². The number of hydrogen-bond donors (Lipinski definition) is 3. The Morgan fingerprint density at radius 1 is 1.24 bits per heavy atom. The van der Waals surface area contributed by atoms with Crippen molar-refractivity contribution in [3.8, 4) is 0 Å². The van der Waals surface area contributed by atoms with Crippen LogP contribution in [0.4, 0.5) is 5.69 Å². The highest BCUT2D eigenvalue weighted by molar-refractivity contribution is 5.94. The smallest absolute Gasteiger partial charge is 0.243 e. The van der Waals surface area contributed by atoms with Crippen molar-refractivity contribution in [2.75, 3.05) is 18.4 Å². The zero-order chi connectivity index (χ0) is 15.1. The van der Waals surface area contributed by atoms with E-state index >= 15 is 0 Å². The van der Waals surface area contributed by atoms with Crippen molar-refractivity contribution in [3.05, 3.63) is 48.3 Å². The van der Waals surface area contributed by atoms with E-state index in [-0.39, 0.29) is 24.9 Å². The van der Waals surface area contributed by atoms with E-state index in [9.17, 15) is 9.59 Å². The molecule has 4 N–H and O–H groups in total. The quantitative estimate of drug-likeness (QED) is 0.693. The summed E-state index contributed by atoms with van der Waals surface area (Å²) in [7, 11) is 0. The van der Waals surface area contributed by atoms with Crippen LogP contribution in [-0.2, 0) is 16.1 Å². The third-order valence-electron chi connectivity index (χ3n) is 2.75. The Balaban J connectivity index is 1.91. The van der Waals surface area contributed by atoms with Gasteiger partial charge in [-0.1, -0.05) is 12.1 Å². The van der Waals surface area contributed by atoms with Crippen molar-refractivity contribution in [1.82, 2.24) is 15.1 Å². The molecule has 2 aromatic rings. The van der Waals surface area contributed by atoms with Crippen molar-refractivity contribution in [3.63, 3.8) is 0 Å². The lowest BCUT2D eigenvalue weighted by atomic mass is 10.2. The lowest BCUT2D eigenvalue weighted by molar-refractivity contribution is -0.123. The van der Waals surface area contributed by atoms with Crippen LogP contribution in [0.15, 0.2) is 42.7 Å². The van der Waals surface area contributed by atoms with Gasteiger partial charge in [-0.25, -0.2) is 0 Å². The Labute approximate surface area is 122 Å². The van der Waals surface area contributed by atoms with E-state index in [4.69, 9.17) is 5.73 Å². The Kier molecular flexibility index (Phi) is 5.05. The van der Waals surface area contributed by atoms with Gasteiger partial charge in [0.2, 0.25) is 11.8 Å². The summed E-state index contributed by atoms with van der Waals surface area (Å²) in [6.07, 6.45) is 3.58. The topological polar surface area (TPSA) is 102 Å². The molecule has 1 aromatic heterocycles.